The van der Waals surface area contributed by atoms with Crippen molar-refractivity contribution in [1.82, 2.24) is 47.9 Å². The number of nitrogens with one attached hydrogen (secondary N) is 10. The predicted molar refractivity (Wildman–Crippen MR) is 182 cm³/mol. The van der Waals surface area contributed by atoms with Crippen LogP contribution in [0.3, 0.4) is 0 Å². The van der Waals surface area contributed by atoms with E-state index in [0.717, 1.165) is 61.6 Å². The first-order valence-corrected chi connectivity index (χ1v) is 16.2. The Labute approximate surface area is 270 Å². The van der Waals surface area contributed by atoms with Crippen molar-refractivity contribution in [2.24, 2.45) is 0 Å². The van der Waals surface area contributed by atoms with Gasteiger partial charge in [-0.2, -0.15) is 5.26 Å². The maximum Gasteiger partial charge on any atom is 0.171 e. The lowest BCUT2D eigenvalue weighted by atomic mass is 9.97. The molecule has 0 amide bonds. The number of methoxy groups -OCH3 is 1. The van der Waals surface area contributed by atoms with Crippen LogP contribution in [0.2, 0.25) is 0 Å². The smallest absolute Gasteiger partial charge is 0.171 e. The molecular weight excluding hydrogens is 607 g/mol. The average molecular weight is 654 g/mol. The van der Waals surface area contributed by atoms with Crippen LogP contribution < -0.4 is 53.2 Å². The Kier molecular flexibility index (Phi) is 16.7. The lowest BCUT2D eigenvalue weighted by molar-refractivity contribution is 0.0673. The standard InChI is InChI=1S/C27H47N11O2S3/c1-39-12-13-40-21-35-24(41)37-26-14-29-6-9-32-17-27(18-33-10-7-30-15-26,19-34-11-8-31-16-26)38-25(42)36-22-2-4-23(5-3-22)43-20-28/h2-5,29-34H,6-19,21H2,1H3,(H2,35,37,41)(H2,36,38,42). The van der Waals surface area contributed by atoms with Gasteiger partial charge in [0, 0.05) is 96.2 Å². The Hall–Kier alpha value is -1.88. The number of thioether (sulfide) groups is 1. The number of rotatable bonds is 9. The summed E-state index contributed by atoms with van der Waals surface area (Å²) in [4.78, 5) is 0.895. The molecule has 0 aromatic heterocycles. The van der Waals surface area contributed by atoms with E-state index in [1.165, 1.54) is 0 Å². The van der Waals surface area contributed by atoms with Gasteiger partial charge in [-0.25, -0.2) is 0 Å². The van der Waals surface area contributed by atoms with Crippen molar-refractivity contribution in [3.8, 4) is 5.40 Å². The Morgan fingerprint density at radius 1 is 0.791 bits per heavy atom. The fourth-order valence-corrected chi connectivity index (χ4v) is 5.80. The third kappa shape index (κ3) is 13.7. The van der Waals surface area contributed by atoms with Crippen LogP contribution in [0, 0.1) is 10.7 Å². The van der Waals surface area contributed by atoms with E-state index >= 15 is 0 Å². The molecule has 0 spiro atoms. The molecule has 0 atom stereocenters. The second kappa shape index (κ2) is 20.2. The number of fused-ring (bicyclic) bond motifs is 15. The normalized spacial score (nSPS) is 24.1. The van der Waals surface area contributed by atoms with Crippen LogP contribution in [0.15, 0.2) is 29.2 Å². The molecule has 43 heavy (non-hydrogen) atoms. The van der Waals surface area contributed by atoms with E-state index in [1.54, 1.807) is 7.11 Å². The maximum absolute atomic E-state index is 8.90. The van der Waals surface area contributed by atoms with Crippen LogP contribution in [0.4, 0.5) is 5.69 Å². The highest BCUT2D eigenvalue weighted by Gasteiger charge is 2.33. The molecule has 4 rings (SSSR count). The molecule has 0 aliphatic carbocycles. The summed E-state index contributed by atoms with van der Waals surface area (Å²) < 4.78 is 10.6. The maximum atomic E-state index is 8.90. The molecule has 0 saturated carbocycles. The molecule has 10 N–H and O–H groups in total. The first-order valence-electron chi connectivity index (χ1n) is 14.6. The number of nitriles is 1. The minimum Gasteiger partial charge on any atom is -0.382 e. The van der Waals surface area contributed by atoms with E-state index in [0.29, 0.717) is 69.4 Å². The van der Waals surface area contributed by atoms with Gasteiger partial charge in [0.25, 0.3) is 0 Å². The summed E-state index contributed by atoms with van der Waals surface area (Å²) in [5, 5.41) is 47.5. The molecule has 2 bridgehead atoms. The van der Waals surface area contributed by atoms with Crippen LogP contribution in [-0.2, 0) is 9.47 Å². The number of thiocarbonyl (C=S) groups is 2. The van der Waals surface area contributed by atoms with Gasteiger partial charge in [0.2, 0.25) is 0 Å². The molecule has 3 heterocycles. The molecule has 0 unspecified atom stereocenters. The lowest BCUT2D eigenvalue weighted by Gasteiger charge is -2.39. The monoisotopic (exact) mass is 653 g/mol. The van der Waals surface area contributed by atoms with Crippen LogP contribution in [-0.4, -0.2) is 127 Å². The minimum absolute atomic E-state index is 0.319. The van der Waals surface area contributed by atoms with Crippen molar-refractivity contribution < 1.29 is 9.47 Å². The van der Waals surface area contributed by atoms with Crippen LogP contribution in [0.5, 0.6) is 0 Å². The zero-order valence-corrected chi connectivity index (χ0v) is 27.4. The van der Waals surface area contributed by atoms with Gasteiger partial charge in [0.15, 0.2) is 10.2 Å². The van der Waals surface area contributed by atoms with Crippen LogP contribution >= 0.6 is 36.2 Å². The van der Waals surface area contributed by atoms with Gasteiger partial charge in [0.05, 0.1) is 24.3 Å². The van der Waals surface area contributed by atoms with Crippen molar-refractivity contribution in [3.63, 3.8) is 0 Å². The summed E-state index contributed by atoms with van der Waals surface area (Å²) in [6, 6.07) is 7.67. The van der Waals surface area contributed by atoms with E-state index in [1.807, 2.05) is 24.3 Å². The number of thiocyanates is 1. The first-order chi connectivity index (χ1) is 21.0. The largest absolute Gasteiger partial charge is 0.382 e. The molecule has 1 aromatic rings. The highest BCUT2D eigenvalue weighted by atomic mass is 32.2. The van der Waals surface area contributed by atoms with Crippen molar-refractivity contribution in [2.75, 3.05) is 111 Å². The van der Waals surface area contributed by atoms with Gasteiger partial charge in [-0.15, -0.1) is 0 Å². The summed E-state index contributed by atoms with van der Waals surface area (Å²) >= 11 is 12.5. The third-order valence-electron chi connectivity index (χ3n) is 7.02. The highest BCUT2D eigenvalue weighted by Crippen LogP contribution is 2.19. The second-order valence-corrected chi connectivity index (χ2v) is 12.3. The van der Waals surface area contributed by atoms with Crippen molar-refractivity contribution in [2.45, 2.75) is 16.0 Å². The number of ether oxygens (including phenoxy) is 2. The summed E-state index contributed by atoms with van der Waals surface area (Å²) in [5.74, 6) is 0. The van der Waals surface area contributed by atoms with Gasteiger partial charge in [-0.3, -0.25) is 0 Å². The quantitative estimate of drug-likeness (QED) is 0.0501. The lowest BCUT2D eigenvalue weighted by Crippen LogP contribution is -2.69. The molecule has 13 nitrogen and oxygen atoms in total. The number of hydrogen-bond acceptors (Lipinski definition) is 12. The third-order valence-corrected chi connectivity index (χ3v) is 8.07. The van der Waals surface area contributed by atoms with Gasteiger partial charge in [-0.1, -0.05) is 0 Å². The molecule has 3 aliphatic rings. The summed E-state index contributed by atoms with van der Waals surface area (Å²) in [6.07, 6.45) is 0. The molecule has 3 saturated heterocycles. The van der Waals surface area contributed by atoms with Gasteiger partial charge < -0.3 is 62.6 Å². The molecule has 16 heteroatoms. The zero-order chi connectivity index (χ0) is 30.6. The molecule has 3 fully saturated rings. The van der Waals surface area contributed by atoms with Gasteiger partial charge >= 0.3 is 0 Å². The van der Waals surface area contributed by atoms with E-state index in [4.69, 9.17) is 39.2 Å². The van der Waals surface area contributed by atoms with Crippen molar-refractivity contribution in [3.05, 3.63) is 24.3 Å². The number of anilines is 1. The fourth-order valence-electron chi connectivity index (χ4n) is 4.81. The Morgan fingerprint density at radius 3 is 1.70 bits per heavy atom. The number of nitrogens with zero attached hydrogens (tertiary/aromatic N) is 1. The molecule has 1 aromatic carbocycles. The zero-order valence-electron chi connectivity index (χ0n) is 24.9. The summed E-state index contributed by atoms with van der Waals surface area (Å²) in [7, 11) is 1.65. The Morgan fingerprint density at radius 2 is 1.26 bits per heavy atom. The first kappa shape index (κ1) is 35.6. The van der Waals surface area contributed by atoms with E-state index in [2.05, 4.69) is 58.6 Å². The van der Waals surface area contributed by atoms with E-state index in [9.17, 15) is 0 Å². The SMILES string of the molecule is COCCOCNC(=S)NC12CNCCNCC(NC(=S)Nc3ccc(SC#N)cc3)(CNCCNC1)CNCCNC2. The Bertz CT molecular complexity index is 969. The van der Waals surface area contributed by atoms with E-state index < -0.39 is 0 Å². The molecule has 240 valence electrons. The van der Waals surface area contributed by atoms with Crippen LogP contribution in [0.1, 0.15) is 0 Å². The topological polar surface area (TPSA) is 163 Å². The highest BCUT2D eigenvalue weighted by molar-refractivity contribution is 8.03. The summed E-state index contributed by atoms with van der Waals surface area (Å²) in [5.41, 5.74) is 0.151. The van der Waals surface area contributed by atoms with Crippen molar-refractivity contribution in [1.29, 1.82) is 5.26 Å². The van der Waals surface area contributed by atoms with Gasteiger partial charge in [-0.05, 0) is 60.5 Å². The number of hydrogen-bond donors (Lipinski definition) is 10. The van der Waals surface area contributed by atoms with Gasteiger partial charge in [0.1, 0.15) is 12.1 Å². The molecule has 3 aliphatic heterocycles. The minimum atomic E-state index is -0.372. The predicted octanol–water partition coefficient (Wildman–Crippen LogP) is -1.33. The Balaban J connectivity index is 1.64. The van der Waals surface area contributed by atoms with Crippen LogP contribution in [0.25, 0.3) is 0 Å². The van der Waals surface area contributed by atoms with Crippen molar-refractivity contribution >= 4 is 52.1 Å². The fraction of sp³-hybridized carbons (Fsp3) is 0.667. The van der Waals surface area contributed by atoms with E-state index in [-0.39, 0.29) is 11.1 Å². The molecular formula is C27H47N11O2S3. The number of benzene rings is 1. The average Bonchev–Trinajstić information content (AvgIpc) is 2.99. The second-order valence-electron chi connectivity index (χ2n) is 10.6. The molecule has 0 radical (unpaired) electrons. The summed E-state index contributed by atoms with van der Waals surface area (Å²) in [6.45, 7) is 10.3.